The van der Waals surface area contributed by atoms with Gasteiger partial charge in [0.05, 0.1) is 18.2 Å². The molecule has 0 saturated heterocycles. The van der Waals surface area contributed by atoms with Crippen molar-refractivity contribution in [2.45, 2.75) is 24.8 Å². The molecule has 2 N–H and O–H groups in total. The number of nitrogens with one attached hydrogen (secondary N) is 1. The normalized spacial score (nSPS) is 12.6. The van der Waals surface area contributed by atoms with Crippen molar-refractivity contribution < 1.29 is 27.8 Å². The Bertz CT molecular complexity index is 939. The zero-order valence-electron chi connectivity index (χ0n) is 15.0. The minimum absolute atomic E-state index is 0.106. The van der Waals surface area contributed by atoms with Crippen LogP contribution in [-0.2, 0) is 14.8 Å². The topological polar surface area (TPSA) is 114 Å². The lowest BCUT2D eigenvalue weighted by atomic mass is 10.2. The summed E-state index contributed by atoms with van der Waals surface area (Å²) in [6, 6.07) is 11.0. The molecule has 0 radical (unpaired) electrons. The van der Waals surface area contributed by atoms with Crippen LogP contribution in [0.4, 0.5) is 0 Å². The monoisotopic (exact) mass is 392 g/mol. The van der Waals surface area contributed by atoms with Crippen LogP contribution in [-0.4, -0.2) is 38.9 Å². The van der Waals surface area contributed by atoms with Crippen molar-refractivity contribution >= 4 is 22.2 Å². The molecule has 0 saturated carbocycles. The Kier molecular flexibility index (Phi) is 6.40. The average Bonchev–Trinajstić information content (AvgIpc) is 2.62. The fourth-order valence-electron chi connectivity index (χ4n) is 2.04. The summed E-state index contributed by atoms with van der Waals surface area (Å²) < 4.78 is 34.8. The van der Waals surface area contributed by atoms with Gasteiger partial charge in [0.25, 0.3) is 10.0 Å². The van der Waals surface area contributed by atoms with Crippen LogP contribution in [0.5, 0.6) is 11.5 Å². The van der Waals surface area contributed by atoms with Gasteiger partial charge in [-0.2, -0.15) is 13.5 Å². The minimum atomic E-state index is -3.77. The highest BCUT2D eigenvalue weighted by Crippen LogP contribution is 2.28. The van der Waals surface area contributed by atoms with E-state index in [-0.39, 0.29) is 10.6 Å². The molecule has 8 nitrogen and oxygen atoms in total. The number of carboxylic acid groups (broad SMARTS) is 1. The number of rotatable bonds is 8. The molecule has 144 valence electrons. The van der Waals surface area contributed by atoms with E-state index < -0.39 is 22.1 Å². The third-order valence-electron chi connectivity index (χ3n) is 3.56. The highest BCUT2D eigenvalue weighted by Gasteiger charge is 2.16. The van der Waals surface area contributed by atoms with E-state index in [2.05, 4.69) is 9.93 Å². The fourth-order valence-corrected chi connectivity index (χ4v) is 2.83. The lowest BCUT2D eigenvalue weighted by Crippen LogP contribution is -2.23. The van der Waals surface area contributed by atoms with Crippen LogP contribution in [0.3, 0.4) is 0 Å². The molecule has 1 atom stereocenters. The molecular formula is C18H20N2O6S. The number of sulfonamides is 1. The molecule has 2 rings (SSSR count). The van der Waals surface area contributed by atoms with E-state index in [1.165, 1.54) is 38.4 Å². The maximum atomic E-state index is 12.2. The lowest BCUT2D eigenvalue weighted by Gasteiger charge is -2.14. The number of nitrogens with zero attached hydrogens (tertiary/aromatic N) is 1. The first-order valence-corrected chi connectivity index (χ1v) is 9.40. The Morgan fingerprint density at radius 2 is 1.85 bits per heavy atom. The number of hydrogen-bond acceptors (Lipinski definition) is 6. The molecule has 0 bridgehead atoms. The summed E-state index contributed by atoms with van der Waals surface area (Å²) >= 11 is 0. The van der Waals surface area contributed by atoms with Crippen molar-refractivity contribution in [3.05, 3.63) is 53.6 Å². The van der Waals surface area contributed by atoms with E-state index in [4.69, 9.17) is 14.6 Å². The number of carbonyl (C=O) groups is 1. The summed E-state index contributed by atoms with van der Waals surface area (Å²) in [6.45, 7) is 3.26. The van der Waals surface area contributed by atoms with Crippen LogP contribution < -0.4 is 14.3 Å². The van der Waals surface area contributed by atoms with Crippen molar-refractivity contribution in [3.8, 4) is 11.5 Å². The van der Waals surface area contributed by atoms with E-state index in [1.807, 2.05) is 6.92 Å². The summed E-state index contributed by atoms with van der Waals surface area (Å²) in [5, 5.41) is 12.7. The number of carboxylic acids is 1. The van der Waals surface area contributed by atoms with Crippen LogP contribution in [0.2, 0.25) is 0 Å². The van der Waals surface area contributed by atoms with Gasteiger partial charge in [-0.15, -0.1) is 0 Å². The van der Waals surface area contributed by atoms with Gasteiger partial charge in [0.15, 0.2) is 17.6 Å². The molecule has 0 aliphatic rings. The van der Waals surface area contributed by atoms with Gasteiger partial charge in [-0.1, -0.05) is 17.7 Å². The summed E-state index contributed by atoms with van der Waals surface area (Å²) in [5.41, 5.74) is 1.48. The number of aliphatic carboxylic acids is 1. The first-order chi connectivity index (χ1) is 12.7. The van der Waals surface area contributed by atoms with E-state index in [9.17, 15) is 13.2 Å². The number of aryl methyl sites for hydroxylation is 1. The summed E-state index contributed by atoms with van der Waals surface area (Å²) in [7, 11) is -2.35. The summed E-state index contributed by atoms with van der Waals surface area (Å²) in [4.78, 5) is 13.1. The van der Waals surface area contributed by atoms with Crippen molar-refractivity contribution in [3.63, 3.8) is 0 Å². The molecule has 0 aromatic heterocycles. The minimum Gasteiger partial charge on any atom is -0.493 e. The van der Waals surface area contributed by atoms with Crippen LogP contribution in [0.15, 0.2) is 52.5 Å². The van der Waals surface area contributed by atoms with E-state index >= 15 is 0 Å². The molecular weight excluding hydrogens is 372 g/mol. The SMILES string of the molecule is COc1cc(/C=N\NS(=O)(=O)c2ccc(C)cc2)ccc1O[C@@H](C)C(=O)O. The lowest BCUT2D eigenvalue weighted by molar-refractivity contribution is -0.144. The van der Waals surface area contributed by atoms with Gasteiger partial charge < -0.3 is 14.6 Å². The molecule has 0 aliphatic carbocycles. The summed E-state index contributed by atoms with van der Waals surface area (Å²) in [5.74, 6) is -0.550. The Labute approximate surface area is 157 Å². The van der Waals surface area contributed by atoms with Crippen molar-refractivity contribution in [2.75, 3.05) is 7.11 Å². The second kappa shape index (κ2) is 8.54. The molecule has 0 fully saturated rings. The van der Waals surface area contributed by atoms with Crippen molar-refractivity contribution in [2.24, 2.45) is 5.10 Å². The van der Waals surface area contributed by atoms with Crippen LogP contribution >= 0.6 is 0 Å². The van der Waals surface area contributed by atoms with Crippen molar-refractivity contribution in [1.82, 2.24) is 4.83 Å². The van der Waals surface area contributed by atoms with Gasteiger partial charge in [0.2, 0.25) is 0 Å². The zero-order valence-corrected chi connectivity index (χ0v) is 15.9. The van der Waals surface area contributed by atoms with Gasteiger partial charge in [-0.05, 0) is 49.7 Å². The molecule has 0 aliphatic heterocycles. The number of hydrogen-bond donors (Lipinski definition) is 2. The highest BCUT2D eigenvalue weighted by molar-refractivity contribution is 7.89. The number of hydrazone groups is 1. The molecule has 9 heteroatoms. The Balaban J connectivity index is 2.12. The Hall–Kier alpha value is -3.07. The number of ether oxygens (including phenoxy) is 2. The zero-order chi connectivity index (χ0) is 20.0. The fraction of sp³-hybridized carbons (Fsp3) is 0.222. The maximum Gasteiger partial charge on any atom is 0.344 e. The molecule has 0 heterocycles. The maximum absolute atomic E-state index is 12.2. The van der Waals surface area contributed by atoms with Gasteiger partial charge >= 0.3 is 5.97 Å². The molecule has 2 aromatic rings. The standard InChI is InChI=1S/C18H20N2O6S/c1-12-4-7-15(8-5-12)27(23,24)20-19-11-14-6-9-16(17(10-14)25-3)26-13(2)18(21)22/h4-11,13,20H,1-3H3,(H,21,22)/b19-11-/t13-/m0/s1. The second-order valence-corrected chi connectivity index (χ2v) is 7.34. The third kappa shape index (κ3) is 5.45. The molecule has 27 heavy (non-hydrogen) atoms. The van der Waals surface area contributed by atoms with Gasteiger partial charge in [-0.25, -0.2) is 9.63 Å². The van der Waals surface area contributed by atoms with E-state index in [1.54, 1.807) is 24.3 Å². The number of benzene rings is 2. The first kappa shape index (κ1) is 20.2. The highest BCUT2D eigenvalue weighted by atomic mass is 32.2. The quantitative estimate of drug-likeness (QED) is 0.526. The molecule has 0 unspecified atom stereocenters. The van der Waals surface area contributed by atoms with Crippen LogP contribution in [0, 0.1) is 6.92 Å². The third-order valence-corrected chi connectivity index (χ3v) is 4.80. The Morgan fingerprint density at radius 3 is 2.44 bits per heavy atom. The van der Waals surface area contributed by atoms with Crippen molar-refractivity contribution in [1.29, 1.82) is 0 Å². The van der Waals surface area contributed by atoms with Gasteiger partial charge in [0.1, 0.15) is 0 Å². The van der Waals surface area contributed by atoms with Crippen LogP contribution in [0.25, 0.3) is 0 Å². The van der Waals surface area contributed by atoms with Gasteiger partial charge in [-0.3, -0.25) is 0 Å². The predicted octanol–water partition coefficient (Wildman–Crippen LogP) is 2.17. The largest absolute Gasteiger partial charge is 0.493 e. The molecule has 0 amide bonds. The molecule has 2 aromatic carbocycles. The van der Waals surface area contributed by atoms with E-state index in [0.717, 1.165) is 5.56 Å². The summed E-state index contributed by atoms with van der Waals surface area (Å²) in [6.07, 6.45) is 0.262. The predicted molar refractivity (Wildman–Crippen MR) is 99.8 cm³/mol. The van der Waals surface area contributed by atoms with E-state index in [0.29, 0.717) is 11.3 Å². The smallest absolute Gasteiger partial charge is 0.344 e. The number of methoxy groups -OCH3 is 1. The molecule has 0 spiro atoms. The Morgan fingerprint density at radius 1 is 1.19 bits per heavy atom. The van der Waals surface area contributed by atoms with Crippen LogP contribution in [0.1, 0.15) is 18.1 Å². The first-order valence-electron chi connectivity index (χ1n) is 7.92. The van der Waals surface area contributed by atoms with Gasteiger partial charge in [0, 0.05) is 0 Å². The second-order valence-electron chi connectivity index (χ2n) is 5.67. The average molecular weight is 392 g/mol.